The van der Waals surface area contributed by atoms with Gasteiger partial charge in [-0.05, 0) is 36.8 Å². The molecule has 2 aliphatic rings. The van der Waals surface area contributed by atoms with Gasteiger partial charge in [0, 0.05) is 31.4 Å². The number of carbonyl (C=O) groups is 2. The zero-order valence-electron chi connectivity index (χ0n) is 16.2. The van der Waals surface area contributed by atoms with Crippen LogP contribution in [-0.2, 0) is 4.74 Å². The Morgan fingerprint density at radius 2 is 2.17 bits per heavy atom. The molecule has 7 nitrogen and oxygen atoms in total. The van der Waals surface area contributed by atoms with Crippen molar-refractivity contribution in [3.8, 4) is 0 Å². The predicted molar refractivity (Wildman–Crippen MR) is 119 cm³/mol. The van der Waals surface area contributed by atoms with Crippen LogP contribution in [0.25, 0.3) is 0 Å². The van der Waals surface area contributed by atoms with Gasteiger partial charge in [-0.2, -0.15) is 0 Å². The van der Waals surface area contributed by atoms with Crippen molar-refractivity contribution < 1.29 is 14.3 Å². The highest BCUT2D eigenvalue weighted by Gasteiger charge is 2.33. The van der Waals surface area contributed by atoms with Gasteiger partial charge >= 0.3 is 6.09 Å². The molecule has 0 unspecified atom stereocenters. The van der Waals surface area contributed by atoms with Crippen molar-refractivity contribution in [2.75, 3.05) is 38.1 Å². The van der Waals surface area contributed by atoms with Crippen molar-refractivity contribution in [1.29, 1.82) is 0 Å². The lowest BCUT2D eigenvalue weighted by molar-refractivity contribution is 0.0920. The highest BCUT2D eigenvalue weighted by atomic mass is 35.5. The number of amides is 2. The quantitative estimate of drug-likeness (QED) is 0.724. The SMILES string of the molecule is CN1CCCN=C1c1ccc(N2C[C@H](CNC(=O)c3ccc(Cl)s3)OC2=O)cc1Cl. The Bertz CT molecular complexity index is 1010. The van der Waals surface area contributed by atoms with Crippen LogP contribution in [0.3, 0.4) is 0 Å². The molecule has 1 aromatic heterocycles. The molecule has 0 radical (unpaired) electrons. The number of aliphatic imine (C=N–C) groups is 1. The summed E-state index contributed by atoms with van der Waals surface area (Å²) < 4.78 is 5.94. The standard InChI is InChI=1S/C20H20Cl2N4O3S/c1-25-8-2-7-23-18(25)14-4-3-12(9-15(14)21)26-11-13(29-20(26)28)10-24-19(27)16-5-6-17(22)30-16/h3-6,9,13H,2,7-8,10-11H2,1H3,(H,24,27)/t13-/m0/s1. The fourth-order valence-electron chi connectivity index (χ4n) is 3.43. The molecule has 0 aliphatic carbocycles. The highest BCUT2D eigenvalue weighted by Crippen LogP contribution is 2.29. The number of carbonyl (C=O) groups excluding carboxylic acids is 2. The molecule has 4 rings (SSSR count). The van der Waals surface area contributed by atoms with Crippen molar-refractivity contribution in [3.63, 3.8) is 0 Å². The minimum Gasteiger partial charge on any atom is -0.442 e. The minimum absolute atomic E-state index is 0.212. The maximum atomic E-state index is 12.4. The van der Waals surface area contributed by atoms with Crippen LogP contribution in [0.15, 0.2) is 35.3 Å². The zero-order chi connectivity index (χ0) is 21.3. The van der Waals surface area contributed by atoms with Crippen LogP contribution < -0.4 is 10.2 Å². The van der Waals surface area contributed by atoms with Crippen molar-refractivity contribution in [2.45, 2.75) is 12.5 Å². The zero-order valence-corrected chi connectivity index (χ0v) is 18.6. The van der Waals surface area contributed by atoms with Crippen LogP contribution >= 0.6 is 34.5 Å². The summed E-state index contributed by atoms with van der Waals surface area (Å²) in [5.74, 6) is 0.613. The number of nitrogens with zero attached hydrogens (tertiary/aromatic N) is 3. The Morgan fingerprint density at radius 1 is 1.33 bits per heavy atom. The normalized spacial score (nSPS) is 19.0. The molecule has 0 spiro atoms. The average Bonchev–Trinajstić information content (AvgIpc) is 3.32. The lowest BCUT2D eigenvalue weighted by Crippen LogP contribution is -2.34. The second-order valence-corrected chi connectivity index (χ2v) is 9.20. The van der Waals surface area contributed by atoms with Crippen LogP contribution in [0, 0.1) is 0 Å². The van der Waals surface area contributed by atoms with Crippen molar-refractivity contribution >= 4 is 58.1 Å². The van der Waals surface area contributed by atoms with Gasteiger partial charge in [0.1, 0.15) is 11.9 Å². The molecule has 1 saturated heterocycles. The fraction of sp³-hybridized carbons (Fsp3) is 0.350. The van der Waals surface area contributed by atoms with Gasteiger partial charge in [0.25, 0.3) is 5.91 Å². The maximum absolute atomic E-state index is 12.4. The number of anilines is 1. The number of cyclic esters (lactones) is 1. The van der Waals surface area contributed by atoms with E-state index in [1.54, 1.807) is 18.2 Å². The molecule has 1 N–H and O–H groups in total. The van der Waals surface area contributed by atoms with Gasteiger partial charge in [0.2, 0.25) is 0 Å². The number of benzene rings is 1. The Labute approximate surface area is 188 Å². The summed E-state index contributed by atoms with van der Waals surface area (Å²) in [6.07, 6.45) is 0.0980. The largest absolute Gasteiger partial charge is 0.442 e. The Hall–Kier alpha value is -2.29. The number of halogens is 2. The number of hydrogen-bond acceptors (Lipinski definition) is 6. The van der Waals surface area contributed by atoms with Gasteiger partial charge in [-0.15, -0.1) is 11.3 Å². The number of rotatable bonds is 5. The van der Waals surface area contributed by atoms with E-state index in [0.29, 0.717) is 26.5 Å². The van der Waals surface area contributed by atoms with Gasteiger partial charge in [-0.3, -0.25) is 14.7 Å². The lowest BCUT2D eigenvalue weighted by Gasteiger charge is -2.26. The fourth-order valence-corrected chi connectivity index (χ4v) is 4.65. The summed E-state index contributed by atoms with van der Waals surface area (Å²) >= 11 is 13.6. The molecular weight excluding hydrogens is 447 g/mol. The highest BCUT2D eigenvalue weighted by molar-refractivity contribution is 7.18. The van der Waals surface area contributed by atoms with Gasteiger partial charge in [0.15, 0.2) is 0 Å². The van der Waals surface area contributed by atoms with Crippen LogP contribution in [0.1, 0.15) is 21.7 Å². The molecule has 1 aromatic carbocycles. The van der Waals surface area contributed by atoms with E-state index in [0.717, 1.165) is 30.9 Å². The summed E-state index contributed by atoms with van der Waals surface area (Å²) in [6, 6.07) is 8.79. The monoisotopic (exact) mass is 466 g/mol. The number of amidine groups is 1. The van der Waals surface area contributed by atoms with Gasteiger partial charge in [-0.1, -0.05) is 23.2 Å². The Kier molecular flexibility index (Phi) is 6.17. The van der Waals surface area contributed by atoms with E-state index in [1.165, 1.54) is 16.2 Å². The van der Waals surface area contributed by atoms with E-state index in [-0.39, 0.29) is 12.5 Å². The summed E-state index contributed by atoms with van der Waals surface area (Å²) in [5, 5.41) is 3.30. The third-order valence-electron chi connectivity index (χ3n) is 4.94. The summed E-state index contributed by atoms with van der Waals surface area (Å²) in [7, 11) is 1.99. The first-order valence-corrected chi connectivity index (χ1v) is 11.1. The molecule has 2 aliphatic heterocycles. The molecule has 10 heteroatoms. The number of ether oxygens (including phenoxy) is 1. The molecular formula is C20H20Cl2N4O3S. The molecule has 0 bridgehead atoms. The summed E-state index contributed by atoms with van der Waals surface area (Å²) in [5.41, 5.74) is 1.49. The average molecular weight is 467 g/mol. The van der Waals surface area contributed by atoms with Crippen LogP contribution in [0.4, 0.5) is 10.5 Å². The summed E-state index contributed by atoms with van der Waals surface area (Å²) in [4.78, 5) is 33.2. The van der Waals surface area contributed by atoms with E-state index in [4.69, 9.17) is 27.9 Å². The van der Waals surface area contributed by atoms with Gasteiger partial charge in [0.05, 0.1) is 27.3 Å². The van der Waals surface area contributed by atoms with E-state index in [9.17, 15) is 9.59 Å². The van der Waals surface area contributed by atoms with E-state index >= 15 is 0 Å². The molecule has 2 amide bonds. The van der Waals surface area contributed by atoms with Crippen LogP contribution in [0.2, 0.25) is 9.36 Å². The Morgan fingerprint density at radius 3 is 2.87 bits per heavy atom. The Balaban J connectivity index is 1.41. The van der Waals surface area contributed by atoms with Gasteiger partial charge < -0.3 is 15.0 Å². The lowest BCUT2D eigenvalue weighted by atomic mass is 10.1. The summed E-state index contributed by atoms with van der Waals surface area (Å²) in [6.45, 7) is 2.24. The van der Waals surface area contributed by atoms with E-state index in [1.807, 2.05) is 19.2 Å². The first-order chi connectivity index (χ1) is 14.4. The van der Waals surface area contributed by atoms with E-state index < -0.39 is 12.2 Å². The first kappa shape index (κ1) is 21.0. The van der Waals surface area contributed by atoms with Crippen molar-refractivity contribution in [2.24, 2.45) is 4.99 Å². The predicted octanol–water partition coefficient (Wildman–Crippen LogP) is 3.89. The number of hydrogen-bond donors (Lipinski definition) is 1. The van der Waals surface area contributed by atoms with Gasteiger partial charge in [-0.25, -0.2) is 4.79 Å². The molecule has 1 fully saturated rings. The number of thiophene rings is 1. The van der Waals surface area contributed by atoms with Crippen molar-refractivity contribution in [3.05, 3.63) is 50.1 Å². The smallest absolute Gasteiger partial charge is 0.414 e. The topological polar surface area (TPSA) is 74.2 Å². The third kappa shape index (κ3) is 4.40. The third-order valence-corrected chi connectivity index (χ3v) is 6.48. The van der Waals surface area contributed by atoms with Crippen LogP contribution in [-0.4, -0.2) is 62.1 Å². The van der Waals surface area contributed by atoms with Crippen molar-refractivity contribution in [1.82, 2.24) is 10.2 Å². The molecule has 30 heavy (non-hydrogen) atoms. The second kappa shape index (κ2) is 8.83. The van der Waals surface area contributed by atoms with E-state index in [2.05, 4.69) is 15.2 Å². The first-order valence-electron chi connectivity index (χ1n) is 9.49. The molecule has 1 atom stereocenters. The number of nitrogens with one attached hydrogen (secondary N) is 1. The maximum Gasteiger partial charge on any atom is 0.414 e. The van der Waals surface area contributed by atoms with Crippen LogP contribution in [0.5, 0.6) is 0 Å². The molecule has 3 heterocycles. The second-order valence-electron chi connectivity index (χ2n) is 7.07. The minimum atomic E-state index is -0.468. The molecule has 158 valence electrons. The molecule has 0 saturated carbocycles. The molecule has 2 aromatic rings.